The molecule has 1 aliphatic heterocycles. The Hall–Kier alpha value is -1.95. The van der Waals surface area contributed by atoms with Gasteiger partial charge in [0.15, 0.2) is 0 Å². The lowest BCUT2D eigenvalue weighted by Crippen LogP contribution is -2.46. The maximum absolute atomic E-state index is 12.0. The van der Waals surface area contributed by atoms with Gasteiger partial charge in [0.2, 0.25) is 0 Å². The summed E-state index contributed by atoms with van der Waals surface area (Å²) < 4.78 is 10.4. The summed E-state index contributed by atoms with van der Waals surface area (Å²) in [6, 6.07) is 5.71. The van der Waals surface area contributed by atoms with Crippen LogP contribution in [0.2, 0.25) is 0 Å². The second-order valence-corrected chi connectivity index (χ2v) is 5.63. The Kier molecular flexibility index (Phi) is 5.89. The van der Waals surface area contributed by atoms with E-state index < -0.39 is 0 Å². The Balaban J connectivity index is 1.83. The molecule has 1 aliphatic rings. The van der Waals surface area contributed by atoms with E-state index in [0.29, 0.717) is 18.0 Å². The van der Waals surface area contributed by atoms with Gasteiger partial charge in [0.05, 0.1) is 14.2 Å². The lowest BCUT2D eigenvalue weighted by molar-refractivity contribution is 0.213. The molecule has 6 nitrogen and oxygen atoms in total. The SMILES string of the molecule is COc1cc(CNC(=O)NC2CCN(C)CC2)cc(OC)c1. The summed E-state index contributed by atoms with van der Waals surface area (Å²) in [7, 11) is 5.32. The molecule has 0 aliphatic carbocycles. The van der Waals surface area contributed by atoms with Crippen molar-refractivity contribution in [1.82, 2.24) is 15.5 Å². The molecular formula is C16H25N3O3. The summed E-state index contributed by atoms with van der Waals surface area (Å²) in [5.41, 5.74) is 0.940. The minimum atomic E-state index is -0.128. The Labute approximate surface area is 131 Å². The molecule has 6 heteroatoms. The number of ether oxygens (including phenoxy) is 2. The third kappa shape index (κ3) is 4.80. The van der Waals surface area contributed by atoms with Crippen molar-refractivity contribution < 1.29 is 14.3 Å². The molecule has 0 bridgehead atoms. The predicted molar refractivity (Wildman–Crippen MR) is 85.4 cm³/mol. The summed E-state index contributed by atoms with van der Waals surface area (Å²) in [6.45, 7) is 2.49. The molecule has 1 heterocycles. The fourth-order valence-electron chi connectivity index (χ4n) is 2.54. The van der Waals surface area contributed by atoms with Crippen LogP contribution in [0.1, 0.15) is 18.4 Å². The minimum absolute atomic E-state index is 0.128. The van der Waals surface area contributed by atoms with Crippen LogP contribution in [-0.4, -0.2) is 51.3 Å². The number of hydrogen-bond acceptors (Lipinski definition) is 4. The van der Waals surface area contributed by atoms with Crippen LogP contribution in [0.3, 0.4) is 0 Å². The van der Waals surface area contributed by atoms with Crippen LogP contribution < -0.4 is 20.1 Å². The minimum Gasteiger partial charge on any atom is -0.497 e. The molecule has 0 saturated carbocycles. The number of likely N-dealkylation sites (tertiary alicyclic amines) is 1. The topological polar surface area (TPSA) is 62.8 Å². The maximum atomic E-state index is 12.0. The third-order valence-corrected chi connectivity index (χ3v) is 3.92. The van der Waals surface area contributed by atoms with Gasteiger partial charge >= 0.3 is 6.03 Å². The molecular weight excluding hydrogens is 282 g/mol. The Morgan fingerprint density at radius 1 is 1.18 bits per heavy atom. The lowest BCUT2D eigenvalue weighted by atomic mass is 10.1. The number of piperidine rings is 1. The van der Waals surface area contributed by atoms with Crippen LogP contribution in [0, 0.1) is 0 Å². The van der Waals surface area contributed by atoms with Crippen LogP contribution in [0.5, 0.6) is 11.5 Å². The molecule has 2 rings (SSSR count). The van der Waals surface area contributed by atoms with Gasteiger partial charge in [-0.05, 0) is 50.7 Å². The summed E-state index contributed by atoms with van der Waals surface area (Å²) in [5.74, 6) is 1.43. The Morgan fingerprint density at radius 2 is 1.77 bits per heavy atom. The summed E-state index contributed by atoms with van der Waals surface area (Å²) in [6.07, 6.45) is 1.99. The molecule has 2 amide bonds. The number of nitrogens with one attached hydrogen (secondary N) is 2. The van der Waals surface area contributed by atoms with Gasteiger partial charge in [-0.3, -0.25) is 0 Å². The number of methoxy groups -OCH3 is 2. The second-order valence-electron chi connectivity index (χ2n) is 5.63. The van der Waals surface area contributed by atoms with Crippen molar-refractivity contribution in [2.75, 3.05) is 34.4 Å². The van der Waals surface area contributed by atoms with Gasteiger partial charge in [0.25, 0.3) is 0 Å². The standard InChI is InChI=1S/C16H25N3O3/c1-19-6-4-13(5-7-19)18-16(20)17-11-12-8-14(21-2)10-15(9-12)22-3/h8-10,13H,4-7,11H2,1-3H3,(H2,17,18,20). The van der Waals surface area contributed by atoms with Crippen LogP contribution in [0.15, 0.2) is 18.2 Å². The largest absolute Gasteiger partial charge is 0.497 e. The highest BCUT2D eigenvalue weighted by atomic mass is 16.5. The van der Waals surface area contributed by atoms with E-state index >= 15 is 0 Å². The highest BCUT2D eigenvalue weighted by molar-refractivity contribution is 5.74. The highest BCUT2D eigenvalue weighted by Gasteiger charge is 2.18. The molecule has 122 valence electrons. The fourth-order valence-corrected chi connectivity index (χ4v) is 2.54. The summed E-state index contributed by atoms with van der Waals surface area (Å²) >= 11 is 0. The van der Waals surface area contributed by atoms with E-state index in [1.807, 2.05) is 18.2 Å². The number of rotatable bonds is 5. The van der Waals surface area contributed by atoms with Gasteiger partial charge in [-0.15, -0.1) is 0 Å². The molecule has 0 atom stereocenters. The number of benzene rings is 1. The zero-order valence-electron chi connectivity index (χ0n) is 13.5. The Morgan fingerprint density at radius 3 is 2.32 bits per heavy atom. The fraction of sp³-hybridized carbons (Fsp3) is 0.562. The zero-order chi connectivity index (χ0) is 15.9. The van der Waals surface area contributed by atoms with E-state index in [9.17, 15) is 4.79 Å². The molecule has 0 unspecified atom stereocenters. The van der Waals surface area contributed by atoms with E-state index in [1.165, 1.54) is 0 Å². The molecule has 1 aromatic carbocycles. The van der Waals surface area contributed by atoms with Gasteiger partial charge in [-0.2, -0.15) is 0 Å². The van der Waals surface area contributed by atoms with E-state index in [2.05, 4.69) is 22.6 Å². The van der Waals surface area contributed by atoms with Crippen molar-refractivity contribution in [3.05, 3.63) is 23.8 Å². The molecule has 22 heavy (non-hydrogen) atoms. The number of amides is 2. The van der Waals surface area contributed by atoms with Gasteiger partial charge in [-0.25, -0.2) is 4.79 Å². The van der Waals surface area contributed by atoms with Crippen molar-refractivity contribution in [1.29, 1.82) is 0 Å². The molecule has 1 fully saturated rings. The monoisotopic (exact) mass is 307 g/mol. The highest BCUT2D eigenvalue weighted by Crippen LogP contribution is 2.22. The third-order valence-electron chi connectivity index (χ3n) is 3.92. The van der Waals surface area contributed by atoms with Crippen molar-refractivity contribution in [3.8, 4) is 11.5 Å². The quantitative estimate of drug-likeness (QED) is 0.867. The second kappa shape index (κ2) is 7.89. The molecule has 0 spiro atoms. The average Bonchev–Trinajstić information content (AvgIpc) is 2.54. The van der Waals surface area contributed by atoms with Crippen LogP contribution in [0.25, 0.3) is 0 Å². The predicted octanol–water partition coefficient (Wildman–Crippen LogP) is 1.60. The molecule has 2 N–H and O–H groups in total. The number of hydrogen-bond donors (Lipinski definition) is 2. The smallest absolute Gasteiger partial charge is 0.315 e. The number of nitrogens with zero attached hydrogens (tertiary/aromatic N) is 1. The molecule has 0 radical (unpaired) electrons. The number of carbonyl (C=O) groups excluding carboxylic acids is 1. The number of urea groups is 1. The molecule has 1 saturated heterocycles. The average molecular weight is 307 g/mol. The van der Waals surface area contributed by atoms with Gasteiger partial charge in [0, 0.05) is 18.7 Å². The summed E-state index contributed by atoms with van der Waals surface area (Å²) in [5, 5.41) is 5.91. The first-order valence-corrected chi connectivity index (χ1v) is 7.55. The first-order chi connectivity index (χ1) is 10.6. The van der Waals surface area contributed by atoms with Crippen molar-refractivity contribution in [2.24, 2.45) is 0 Å². The van der Waals surface area contributed by atoms with Gasteiger partial charge < -0.3 is 25.0 Å². The van der Waals surface area contributed by atoms with Crippen LogP contribution in [0.4, 0.5) is 4.79 Å². The van der Waals surface area contributed by atoms with Gasteiger partial charge in [0.1, 0.15) is 11.5 Å². The molecule has 1 aromatic rings. The molecule has 0 aromatic heterocycles. The number of carbonyl (C=O) groups is 1. The first kappa shape index (κ1) is 16.4. The van der Waals surface area contributed by atoms with Crippen molar-refractivity contribution in [2.45, 2.75) is 25.4 Å². The summed E-state index contributed by atoms with van der Waals surface area (Å²) in [4.78, 5) is 14.3. The van der Waals surface area contributed by atoms with Crippen LogP contribution in [-0.2, 0) is 6.54 Å². The van der Waals surface area contributed by atoms with Crippen molar-refractivity contribution >= 4 is 6.03 Å². The normalized spacial score (nSPS) is 16.1. The Bertz CT molecular complexity index is 477. The van der Waals surface area contributed by atoms with Gasteiger partial charge in [-0.1, -0.05) is 0 Å². The first-order valence-electron chi connectivity index (χ1n) is 7.55. The van der Waals surface area contributed by atoms with E-state index in [4.69, 9.17) is 9.47 Å². The van der Waals surface area contributed by atoms with Crippen molar-refractivity contribution in [3.63, 3.8) is 0 Å². The van der Waals surface area contributed by atoms with E-state index in [1.54, 1.807) is 14.2 Å². The lowest BCUT2D eigenvalue weighted by Gasteiger charge is -2.29. The maximum Gasteiger partial charge on any atom is 0.315 e. The van der Waals surface area contributed by atoms with Crippen LogP contribution >= 0.6 is 0 Å². The zero-order valence-corrected chi connectivity index (χ0v) is 13.5. The van der Waals surface area contributed by atoms with E-state index in [0.717, 1.165) is 31.5 Å². The van der Waals surface area contributed by atoms with E-state index in [-0.39, 0.29) is 12.1 Å².